The molecule has 118 valence electrons. The quantitative estimate of drug-likeness (QED) is 0.704. The Balaban J connectivity index is 0.00000400. The van der Waals surface area contributed by atoms with Crippen molar-refractivity contribution in [3.63, 3.8) is 0 Å². The van der Waals surface area contributed by atoms with Crippen LogP contribution in [-0.2, 0) is 9.59 Å². The lowest BCUT2D eigenvalue weighted by Gasteiger charge is -2.15. The standard InChI is InChI=1S/C14H21N3O3.ClH/c1-9(2)13(16)14(19)17-10-3-5-11(6-4-10)20-8-7-12(15)18;/h3-6,9,13H,7-8,16H2,1-2H3,(H2,15,18)(H,17,19);1H/t13-;/m1./s1. The Labute approximate surface area is 130 Å². The molecule has 0 fully saturated rings. The molecule has 0 aliphatic carbocycles. The predicted octanol–water partition coefficient (Wildman–Crippen LogP) is 1.28. The molecule has 0 unspecified atom stereocenters. The van der Waals surface area contributed by atoms with E-state index in [1.807, 2.05) is 13.8 Å². The molecule has 1 atom stereocenters. The van der Waals surface area contributed by atoms with E-state index in [1.54, 1.807) is 24.3 Å². The largest absolute Gasteiger partial charge is 0.493 e. The third-order valence-corrected chi connectivity index (χ3v) is 2.76. The number of ether oxygens (including phenoxy) is 1. The number of nitrogens with two attached hydrogens (primary N) is 2. The molecule has 0 bridgehead atoms. The smallest absolute Gasteiger partial charge is 0.241 e. The van der Waals surface area contributed by atoms with Gasteiger partial charge in [0.25, 0.3) is 0 Å². The highest BCUT2D eigenvalue weighted by Gasteiger charge is 2.16. The maximum atomic E-state index is 11.8. The van der Waals surface area contributed by atoms with Gasteiger partial charge in [0.15, 0.2) is 0 Å². The van der Waals surface area contributed by atoms with Crippen molar-refractivity contribution < 1.29 is 14.3 Å². The Morgan fingerprint density at radius 1 is 1.24 bits per heavy atom. The van der Waals surface area contributed by atoms with Crippen LogP contribution in [0.3, 0.4) is 0 Å². The van der Waals surface area contributed by atoms with Crippen molar-refractivity contribution in [2.24, 2.45) is 17.4 Å². The number of halogens is 1. The summed E-state index contributed by atoms with van der Waals surface area (Å²) in [5.74, 6) is 0.0581. The van der Waals surface area contributed by atoms with E-state index in [1.165, 1.54) is 0 Å². The van der Waals surface area contributed by atoms with Crippen molar-refractivity contribution in [2.75, 3.05) is 11.9 Å². The fourth-order valence-electron chi connectivity index (χ4n) is 1.43. The summed E-state index contributed by atoms with van der Waals surface area (Å²) in [7, 11) is 0. The highest BCUT2D eigenvalue weighted by atomic mass is 35.5. The number of primary amides is 1. The molecule has 0 radical (unpaired) electrons. The van der Waals surface area contributed by atoms with Gasteiger partial charge >= 0.3 is 0 Å². The van der Waals surface area contributed by atoms with Crippen LogP contribution in [-0.4, -0.2) is 24.5 Å². The van der Waals surface area contributed by atoms with Gasteiger partial charge in [-0.05, 0) is 30.2 Å². The summed E-state index contributed by atoms with van der Waals surface area (Å²) in [6.07, 6.45) is 0.168. The zero-order chi connectivity index (χ0) is 15.1. The summed E-state index contributed by atoms with van der Waals surface area (Å²) in [5.41, 5.74) is 11.4. The third kappa shape index (κ3) is 6.97. The minimum Gasteiger partial charge on any atom is -0.493 e. The van der Waals surface area contributed by atoms with E-state index in [4.69, 9.17) is 16.2 Å². The number of hydrogen-bond donors (Lipinski definition) is 3. The topological polar surface area (TPSA) is 107 Å². The maximum absolute atomic E-state index is 11.8. The molecular formula is C14H22ClN3O3. The molecule has 6 nitrogen and oxygen atoms in total. The fourth-order valence-corrected chi connectivity index (χ4v) is 1.43. The molecule has 0 spiro atoms. The average molecular weight is 316 g/mol. The number of carbonyl (C=O) groups excluding carboxylic acids is 2. The van der Waals surface area contributed by atoms with Gasteiger partial charge in [0, 0.05) is 5.69 Å². The molecule has 5 N–H and O–H groups in total. The molecule has 7 heteroatoms. The van der Waals surface area contributed by atoms with Crippen molar-refractivity contribution in [1.29, 1.82) is 0 Å². The number of carbonyl (C=O) groups is 2. The first-order chi connectivity index (χ1) is 9.40. The van der Waals surface area contributed by atoms with Gasteiger partial charge in [-0.15, -0.1) is 12.4 Å². The lowest BCUT2D eigenvalue weighted by molar-refractivity contribution is -0.119. The van der Waals surface area contributed by atoms with Crippen molar-refractivity contribution in [2.45, 2.75) is 26.3 Å². The summed E-state index contributed by atoms with van der Waals surface area (Å²) < 4.78 is 5.32. The number of nitrogens with one attached hydrogen (secondary N) is 1. The summed E-state index contributed by atoms with van der Waals surface area (Å²) in [4.78, 5) is 22.3. The summed E-state index contributed by atoms with van der Waals surface area (Å²) >= 11 is 0. The second-order valence-electron chi connectivity index (χ2n) is 4.85. The molecule has 1 rings (SSSR count). The molecule has 0 aliphatic heterocycles. The SMILES string of the molecule is CC(C)[C@@H](N)C(=O)Nc1ccc(OCCC(N)=O)cc1.Cl. The van der Waals surface area contributed by atoms with E-state index >= 15 is 0 Å². The second-order valence-corrected chi connectivity index (χ2v) is 4.85. The van der Waals surface area contributed by atoms with E-state index < -0.39 is 11.9 Å². The zero-order valence-corrected chi connectivity index (χ0v) is 13.0. The van der Waals surface area contributed by atoms with Crippen molar-refractivity contribution in [3.05, 3.63) is 24.3 Å². The van der Waals surface area contributed by atoms with Crippen LogP contribution in [0.4, 0.5) is 5.69 Å². The Bertz CT molecular complexity index is 463. The summed E-state index contributed by atoms with van der Waals surface area (Å²) in [6.45, 7) is 4.01. The third-order valence-electron chi connectivity index (χ3n) is 2.76. The molecule has 0 aliphatic rings. The van der Waals surface area contributed by atoms with Crippen molar-refractivity contribution >= 4 is 29.9 Å². The van der Waals surface area contributed by atoms with Gasteiger partial charge in [-0.1, -0.05) is 13.8 Å². The van der Waals surface area contributed by atoms with Crippen LogP contribution < -0.4 is 21.5 Å². The minimum absolute atomic E-state index is 0. The highest BCUT2D eigenvalue weighted by molar-refractivity contribution is 5.94. The molecule has 0 aromatic heterocycles. The number of anilines is 1. The van der Waals surface area contributed by atoms with Crippen LogP contribution in [0.15, 0.2) is 24.3 Å². The Hall–Kier alpha value is -1.79. The molecule has 1 aromatic rings. The van der Waals surface area contributed by atoms with Gasteiger partial charge < -0.3 is 21.5 Å². The van der Waals surface area contributed by atoms with E-state index in [-0.39, 0.29) is 37.3 Å². The Morgan fingerprint density at radius 2 is 1.81 bits per heavy atom. The van der Waals surface area contributed by atoms with Gasteiger partial charge in [-0.3, -0.25) is 9.59 Å². The van der Waals surface area contributed by atoms with E-state index in [9.17, 15) is 9.59 Å². The molecule has 0 saturated carbocycles. The van der Waals surface area contributed by atoms with E-state index in [0.717, 1.165) is 0 Å². The number of amides is 2. The summed E-state index contributed by atoms with van der Waals surface area (Å²) in [6, 6.07) is 6.30. The molecule has 21 heavy (non-hydrogen) atoms. The van der Waals surface area contributed by atoms with Gasteiger partial charge in [-0.25, -0.2) is 0 Å². The first kappa shape index (κ1) is 19.2. The van der Waals surface area contributed by atoms with Crippen LogP contribution in [0.1, 0.15) is 20.3 Å². The average Bonchev–Trinajstić information content (AvgIpc) is 2.39. The van der Waals surface area contributed by atoms with Gasteiger partial charge in [-0.2, -0.15) is 0 Å². The van der Waals surface area contributed by atoms with Gasteiger partial charge in [0.2, 0.25) is 11.8 Å². The normalized spacial score (nSPS) is 11.4. The first-order valence-corrected chi connectivity index (χ1v) is 6.47. The van der Waals surface area contributed by atoms with Crippen LogP contribution in [0.5, 0.6) is 5.75 Å². The Kier molecular flexibility index (Phi) is 8.42. The predicted molar refractivity (Wildman–Crippen MR) is 84.4 cm³/mol. The monoisotopic (exact) mass is 315 g/mol. The molecule has 2 amide bonds. The highest BCUT2D eigenvalue weighted by Crippen LogP contribution is 2.16. The molecule has 1 aromatic carbocycles. The second kappa shape index (κ2) is 9.20. The van der Waals surface area contributed by atoms with Crippen molar-refractivity contribution in [3.8, 4) is 5.75 Å². The number of hydrogen-bond acceptors (Lipinski definition) is 4. The molecular weight excluding hydrogens is 294 g/mol. The lowest BCUT2D eigenvalue weighted by Crippen LogP contribution is -2.39. The number of benzene rings is 1. The fraction of sp³-hybridized carbons (Fsp3) is 0.429. The van der Waals surface area contributed by atoms with Gasteiger partial charge in [0.05, 0.1) is 19.1 Å². The number of rotatable bonds is 7. The van der Waals surface area contributed by atoms with E-state index in [0.29, 0.717) is 11.4 Å². The van der Waals surface area contributed by atoms with Crippen LogP contribution in [0.2, 0.25) is 0 Å². The van der Waals surface area contributed by atoms with E-state index in [2.05, 4.69) is 5.32 Å². The zero-order valence-electron chi connectivity index (χ0n) is 12.2. The van der Waals surface area contributed by atoms with Crippen LogP contribution in [0, 0.1) is 5.92 Å². The summed E-state index contributed by atoms with van der Waals surface area (Å²) in [5, 5.41) is 2.73. The van der Waals surface area contributed by atoms with Gasteiger partial charge in [0.1, 0.15) is 5.75 Å². The lowest BCUT2D eigenvalue weighted by atomic mass is 10.1. The molecule has 0 heterocycles. The van der Waals surface area contributed by atoms with Crippen LogP contribution in [0.25, 0.3) is 0 Å². The Morgan fingerprint density at radius 3 is 2.29 bits per heavy atom. The molecule has 0 saturated heterocycles. The van der Waals surface area contributed by atoms with Crippen molar-refractivity contribution in [1.82, 2.24) is 0 Å². The minimum atomic E-state index is -0.540. The maximum Gasteiger partial charge on any atom is 0.241 e. The first-order valence-electron chi connectivity index (χ1n) is 6.47. The van der Waals surface area contributed by atoms with Crippen LogP contribution >= 0.6 is 12.4 Å².